The van der Waals surface area contributed by atoms with E-state index in [0.717, 1.165) is 28.9 Å². The van der Waals surface area contributed by atoms with E-state index in [1.807, 2.05) is 38.1 Å². The lowest BCUT2D eigenvalue weighted by molar-refractivity contribution is 0.310. The summed E-state index contributed by atoms with van der Waals surface area (Å²) < 4.78 is 24.1. The van der Waals surface area contributed by atoms with Crippen LogP contribution in [0.15, 0.2) is 41.4 Å². The lowest BCUT2D eigenvalue weighted by Crippen LogP contribution is -2.37. The third-order valence-corrected chi connectivity index (χ3v) is 4.20. The third kappa shape index (κ3) is 7.18. The predicted molar refractivity (Wildman–Crippen MR) is 123 cm³/mol. The maximum absolute atomic E-state index is 13.2. The Balaban J connectivity index is 0.00000392. The SMILES string of the molecule is CCOc1ccc(CNC(=NC)NCCc2ccc(F)cc2C)cc1OC.I. The standard InChI is InChI=1S/C21H28FN3O2.HI/c1-5-27-19-9-6-16(13-20(19)26-4)14-25-21(23-3)24-11-10-17-7-8-18(22)12-15(17)2;/h6-9,12-13H,5,10-11,14H2,1-4H3,(H2,23,24,25);1H. The molecule has 0 aliphatic heterocycles. The van der Waals surface area contributed by atoms with E-state index in [9.17, 15) is 4.39 Å². The van der Waals surface area contributed by atoms with Crippen LogP contribution in [-0.4, -0.2) is 33.3 Å². The molecule has 5 nitrogen and oxygen atoms in total. The Kier molecular flexibility index (Phi) is 10.7. The molecule has 0 saturated carbocycles. The molecule has 0 saturated heterocycles. The average molecular weight is 501 g/mol. The number of guanidine groups is 1. The van der Waals surface area contributed by atoms with Gasteiger partial charge in [-0.05, 0) is 61.2 Å². The molecular formula is C21H29FIN3O2. The van der Waals surface area contributed by atoms with E-state index in [-0.39, 0.29) is 29.8 Å². The zero-order valence-electron chi connectivity index (χ0n) is 16.8. The van der Waals surface area contributed by atoms with E-state index in [0.29, 0.717) is 31.4 Å². The van der Waals surface area contributed by atoms with Gasteiger partial charge in [0.25, 0.3) is 0 Å². The number of hydrogen-bond donors (Lipinski definition) is 2. The molecular weight excluding hydrogens is 472 g/mol. The molecule has 0 atom stereocenters. The largest absolute Gasteiger partial charge is 0.493 e. The Bertz CT molecular complexity index is 784. The Morgan fingerprint density at radius 2 is 1.89 bits per heavy atom. The Hall–Kier alpha value is -2.03. The highest BCUT2D eigenvalue weighted by atomic mass is 127. The van der Waals surface area contributed by atoms with E-state index in [1.54, 1.807) is 20.2 Å². The smallest absolute Gasteiger partial charge is 0.191 e. The summed E-state index contributed by atoms with van der Waals surface area (Å²) in [4.78, 5) is 4.24. The van der Waals surface area contributed by atoms with Crippen molar-refractivity contribution in [3.63, 3.8) is 0 Å². The summed E-state index contributed by atoms with van der Waals surface area (Å²) in [6, 6.07) is 10.7. The topological polar surface area (TPSA) is 54.9 Å². The van der Waals surface area contributed by atoms with Crippen LogP contribution in [0.1, 0.15) is 23.6 Å². The van der Waals surface area contributed by atoms with E-state index in [1.165, 1.54) is 6.07 Å². The fraction of sp³-hybridized carbons (Fsp3) is 0.381. The van der Waals surface area contributed by atoms with Crippen molar-refractivity contribution in [2.75, 3.05) is 27.3 Å². The second-order valence-electron chi connectivity index (χ2n) is 6.09. The Morgan fingerprint density at radius 1 is 1.11 bits per heavy atom. The lowest BCUT2D eigenvalue weighted by Gasteiger charge is -2.14. The van der Waals surface area contributed by atoms with Gasteiger partial charge < -0.3 is 20.1 Å². The van der Waals surface area contributed by atoms with Crippen LogP contribution >= 0.6 is 24.0 Å². The highest BCUT2D eigenvalue weighted by molar-refractivity contribution is 14.0. The van der Waals surface area contributed by atoms with E-state index >= 15 is 0 Å². The molecule has 2 rings (SSSR count). The minimum Gasteiger partial charge on any atom is -0.493 e. The Labute approximate surface area is 183 Å². The number of aliphatic imine (C=N–C) groups is 1. The summed E-state index contributed by atoms with van der Waals surface area (Å²) in [6.07, 6.45) is 0.795. The van der Waals surface area contributed by atoms with Crippen LogP contribution in [0.25, 0.3) is 0 Å². The molecule has 0 bridgehead atoms. The zero-order chi connectivity index (χ0) is 19.6. The van der Waals surface area contributed by atoms with Crippen molar-refractivity contribution < 1.29 is 13.9 Å². The molecule has 0 amide bonds. The molecule has 0 radical (unpaired) electrons. The fourth-order valence-corrected chi connectivity index (χ4v) is 2.76. The summed E-state index contributed by atoms with van der Waals surface area (Å²) >= 11 is 0. The quantitative estimate of drug-likeness (QED) is 0.326. The molecule has 2 aromatic rings. The number of rotatable bonds is 8. The van der Waals surface area contributed by atoms with Crippen molar-refractivity contribution in [1.82, 2.24) is 10.6 Å². The second kappa shape index (κ2) is 12.4. The molecule has 2 aromatic carbocycles. The number of halogens is 2. The fourth-order valence-electron chi connectivity index (χ4n) is 2.76. The van der Waals surface area contributed by atoms with Crippen LogP contribution in [0.2, 0.25) is 0 Å². The van der Waals surface area contributed by atoms with Gasteiger partial charge in [-0.15, -0.1) is 24.0 Å². The second-order valence-corrected chi connectivity index (χ2v) is 6.09. The molecule has 0 unspecified atom stereocenters. The molecule has 7 heteroatoms. The van der Waals surface area contributed by atoms with Crippen molar-refractivity contribution in [2.45, 2.75) is 26.8 Å². The zero-order valence-corrected chi connectivity index (χ0v) is 19.2. The first-order valence-corrected chi connectivity index (χ1v) is 9.06. The normalized spacial score (nSPS) is 10.8. The lowest BCUT2D eigenvalue weighted by atomic mass is 10.1. The average Bonchev–Trinajstić information content (AvgIpc) is 2.67. The van der Waals surface area contributed by atoms with Crippen molar-refractivity contribution in [3.8, 4) is 11.5 Å². The first kappa shape index (κ1) is 24.0. The van der Waals surface area contributed by atoms with E-state index < -0.39 is 0 Å². The van der Waals surface area contributed by atoms with Crippen LogP contribution in [-0.2, 0) is 13.0 Å². The van der Waals surface area contributed by atoms with Crippen molar-refractivity contribution in [3.05, 3.63) is 58.9 Å². The van der Waals surface area contributed by atoms with Crippen LogP contribution < -0.4 is 20.1 Å². The van der Waals surface area contributed by atoms with Crippen LogP contribution in [0.4, 0.5) is 4.39 Å². The summed E-state index contributed by atoms with van der Waals surface area (Å²) in [5.41, 5.74) is 3.14. The highest BCUT2D eigenvalue weighted by Crippen LogP contribution is 2.27. The molecule has 0 fully saturated rings. The first-order chi connectivity index (χ1) is 13.1. The predicted octanol–water partition coefficient (Wildman–Crippen LogP) is 4.07. The van der Waals surface area contributed by atoms with Gasteiger partial charge in [-0.3, -0.25) is 4.99 Å². The molecule has 28 heavy (non-hydrogen) atoms. The van der Waals surface area contributed by atoms with Gasteiger partial charge in [0.15, 0.2) is 17.5 Å². The van der Waals surface area contributed by atoms with Gasteiger partial charge in [-0.1, -0.05) is 12.1 Å². The molecule has 2 N–H and O–H groups in total. The third-order valence-electron chi connectivity index (χ3n) is 4.20. The summed E-state index contributed by atoms with van der Waals surface area (Å²) in [6.45, 7) is 5.78. The maximum Gasteiger partial charge on any atom is 0.191 e. The Morgan fingerprint density at radius 3 is 2.54 bits per heavy atom. The maximum atomic E-state index is 13.2. The highest BCUT2D eigenvalue weighted by Gasteiger charge is 2.06. The first-order valence-electron chi connectivity index (χ1n) is 9.06. The summed E-state index contributed by atoms with van der Waals surface area (Å²) in [5.74, 6) is 1.96. The van der Waals surface area contributed by atoms with Crippen molar-refractivity contribution in [1.29, 1.82) is 0 Å². The molecule has 0 aromatic heterocycles. The van der Waals surface area contributed by atoms with E-state index in [2.05, 4.69) is 15.6 Å². The molecule has 0 aliphatic rings. The molecule has 0 spiro atoms. The number of nitrogens with one attached hydrogen (secondary N) is 2. The van der Waals surface area contributed by atoms with Gasteiger partial charge in [-0.25, -0.2) is 4.39 Å². The number of methoxy groups -OCH3 is 1. The number of aryl methyl sites for hydroxylation is 1. The molecule has 0 heterocycles. The number of ether oxygens (including phenoxy) is 2. The monoisotopic (exact) mass is 501 g/mol. The summed E-state index contributed by atoms with van der Waals surface area (Å²) in [5, 5.41) is 6.56. The van der Waals surface area contributed by atoms with Crippen LogP contribution in [0.5, 0.6) is 11.5 Å². The van der Waals surface area contributed by atoms with Gasteiger partial charge in [0.2, 0.25) is 0 Å². The van der Waals surface area contributed by atoms with Gasteiger partial charge in [0.05, 0.1) is 13.7 Å². The number of nitrogens with zero attached hydrogens (tertiary/aromatic N) is 1. The molecule has 0 aliphatic carbocycles. The van der Waals surface area contributed by atoms with Gasteiger partial charge in [0, 0.05) is 20.1 Å². The van der Waals surface area contributed by atoms with Crippen molar-refractivity contribution in [2.24, 2.45) is 4.99 Å². The summed E-state index contributed by atoms with van der Waals surface area (Å²) in [7, 11) is 3.37. The minimum atomic E-state index is -0.201. The van der Waals surface area contributed by atoms with Crippen LogP contribution in [0.3, 0.4) is 0 Å². The van der Waals surface area contributed by atoms with Crippen LogP contribution in [0, 0.1) is 12.7 Å². The minimum absolute atomic E-state index is 0. The number of hydrogen-bond acceptors (Lipinski definition) is 3. The molecule has 154 valence electrons. The van der Waals surface area contributed by atoms with Gasteiger partial charge in [0.1, 0.15) is 5.82 Å². The van der Waals surface area contributed by atoms with Gasteiger partial charge >= 0.3 is 0 Å². The van der Waals surface area contributed by atoms with E-state index in [4.69, 9.17) is 9.47 Å². The number of benzene rings is 2. The van der Waals surface area contributed by atoms with Crippen molar-refractivity contribution >= 4 is 29.9 Å². The van der Waals surface area contributed by atoms with Gasteiger partial charge in [-0.2, -0.15) is 0 Å².